The Hall–Kier alpha value is -0.270. The molecule has 1 aromatic rings. The number of nitrogens with zero attached hydrogens (tertiary/aromatic N) is 1. The molecule has 0 fully saturated rings. The highest BCUT2D eigenvalue weighted by molar-refractivity contribution is 9.10. The Morgan fingerprint density at radius 2 is 1.47 bits per heavy atom. The van der Waals surface area contributed by atoms with Crippen molar-refractivity contribution >= 4 is 36.9 Å². The molecule has 174 valence electrons. The van der Waals surface area contributed by atoms with Crippen molar-refractivity contribution in [2.24, 2.45) is 0 Å². The van der Waals surface area contributed by atoms with Gasteiger partial charge >= 0.3 is 15.2 Å². The van der Waals surface area contributed by atoms with Crippen molar-refractivity contribution in [3.05, 3.63) is 22.3 Å². The van der Waals surface area contributed by atoms with Crippen LogP contribution in [0.25, 0.3) is 0 Å². The third-order valence-corrected chi connectivity index (χ3v) is 10.6. The van der Waals surface area contributed by atoms with Crippen molar-refractivity contribution in [1.82, 2.24) is 4.98 Å². The van der Waals surface area contributed by atoms with Gasteiger partial charge in [-0.2, -0.15) is 0 Å². The minimum Gasteiger partial charge on any atom is -0.370 e. The summed E-state index contributed by atoms with van der Waals surface area (Å²) in [5.74, 6) is 0.635. The molecule has 8 nitrogen and oxygen atoms in total. The molecule has 0 amide bonds. The van der Waals surface area contributed by atoms with E-state index in [1.165, 1.54) is 0 Å². The summed E-state index contributed by atoms with van der Waals surface area (Å²) in [5.41, 5.74) is 0.727. The second-order valence-electron chi connectivity index (χ2n) is 6.38. The zero-order chi connectivity index (χ0) is 22.6. The van der Waals surface area contributed by atoms with Crippen LogP contribution in [0.3, 0.4) is 0 Å². The summed E-state index contributed by atoms with van der Waals surface area (Å²) in [5, 5.41) is 2.19. The second-order valence-corrected chi connectivity index (χ2v) is 12.1. The fraction of sp³-hybridized carbons (Fsp3) is 0.737. The molecule has 0 atom stereocenters. The fourth-order valence-corrected chi connectivity index (χ4v) is 8.59. The van der Waals surface area contributed by atoms with E-state index in [9.17, 15) is 9.13 Å². The number of aromatic nitrogens is 1. The Labute approximate surface area is 189 Å². The number of pyridine rings is 1. The van der Waals surface area contributed by atoms with E-state index < -0.39 is 20.6 Å². The van der Waals surface area contributed by atoms with Gasteiger partial charge in [-0.15, -0.1) is 0 Å². The molecule has 1 aromatic heterocycles. The highest BCUT2D eigenvalue weighted by Gasteiger charge is 2.51. The number of rotatable bonds is 16. The van der Waals surface area contributed by atoms with Gasteiger partial charge in [-0.25, -0.2) is 4.98 Å². The van der Waals surface area contributed by atoms with Crippen LogP contribution in [0.15, 0.2) is 16.7 Å². The molecule has 0 spiro atoms. The van der Waals surface area contributed by atoms with Crippen LogP contribution in [-0.2, 0) is 33.6 Å². The number of hydrogen-bond acceptors (Lipinski definition) is 8. The van der Waals surface area contributed by atoms with Gasteiger partial charge in [0, 0.05) is 23.6 Å². The van der Waals surface area contributed by atoms with Gasteiger partial charge in [0.25, 0.3) is 0 Å². The first-order chi connectivity index (χ1) is 14.3. The summed E-state index contributed by atoms with van der Waals surface area (Å²) in [7, 11) is -7.65. The van der Waals surface area contributed by atoms with Crippen LogP contribution in [-0.4, -0.2) is 43.4 Å². The predicted molar refractivity (Wildman–Crippen MR) is 125 cm³/mol. The fourth-order valence-electron chi connectivity index (χ4n) is 2.91. The molecule has 1 heterocycles. The monoisotopic (exact) mass is 528 g/mol. The number of hydrogen-bond donors (Lipinski definition) is 1. The van der Waals surface area contributed by atoms with Crippen molar-refractivity contribution in [3.63, 3.8) is 0 Å². The summed E-state index contributed by atoms with van der Waals surface area (Å²) in [6.07, 6.45) is 3.79. The Morgan fingerprint density at radius 3 is 1.90 bits per heavy atom. The van der Waals surface area contributed by atoms with E-state index in [1.807, 2.05) is 6.07 Å². The highest BCUT2D eigenvalue weighted by Crippen LogP contribution is 2.71. The predicted octanol–water partition coefficient (Wildman–Crippen LogP) is 6.46. The standard InChI is InChI=1S/C19H35BrN2O6P2/c1-6-11-12-21-19-16(13-17(20)15-22-19)14-18(29(23,25-7-2)26-8-3)30(24,27-9-4)28-10-5/h13,15,18H,6-12,14H2,1-5H3,(H,21,22). The second kappa shape index (κ2) is 14.0. The first kappa shape index (κ1) is 27.8. The highest BCUT2D eigenvalue weighted by atomic mass is 79.9. The molecule has 1 rings (SSSR count). The molecule has 30 heavy (non-hydrogen) atoms. The third-order valence-electron chi connectivity index (χ3n) is 4.12. The Morgan fingerprint density at radius 1 is 0.967 bits per heavy atom. The summed E-state index contributed by atoms with van der Waals surface area (Å²) in [4.78, 5) is 4.45. The summed E-state index contributed by atoms with van der Waals surface area (Å²) in [6, 6.07) is 1.86. The van der Waals surface area contributed by atoms with Crippen LogP contribution in [0.2, 0.25) is 0 Å². The van der Waals surface area contributed by atoms with Crippen LogP contribution in [0.4, 0.5) is 5.82 Å². The SMILES string of the molecule is CCCCNc1ncc(Br)cc1CC(P(=O)(OCC)OCC)P(=O)(OCC)OCC. The Balaban J connectivity index is 3.47. The van der Waals surface area contributed by atoms with Gasteiger partial charge in [0.2, 0.25) is 0 Å². The molecule has 0 bridgehead atoms. The lowest BCUT2D eigenvalue weighted by Gasteiger charge is -2.31. The Kier molecular flexibility index (Phi) is 13.0. The molecule has 0 aliphatic rings. The molecular weight excluding hydrogens is 494 g/mol. The maximum absolute atomic E-state index is 13.7. The van der Waals surface area contributed by atoms with E-state index in [0.29, 0.717) is 5.82 Å². The molecule has 0 radical (unpaired) electrons. The lowest BCUT2D eigenvalue weighted by Crippen LogP contribution is -2.21. The zero-order valence-electron chi connectivity index (χ0n) is 18.6. The van der Waals surface area contributed by atoms with E-state index in [-0.39, 0.29) is 32.8 Å². The number of halogens is 1. The van der Waals surface area contributed by atoms with Crippen LogP contribution in [0.5, 0.6) is 0 Å². The van der Waals surface area contributed by atoms with E-state index in [4.69, 9.17) is 18.1 Å². The first-order valence-corrected chi connectivity index (χ1v) is 14.5. The summed E-state index contributed by atoms with van der Waals surface area (Å²) < 4.78 is 50.5. The van der Waals surface area contributed by atoms with Crippen LogP contribution in [0.1, 0.15) is 53.0 Å². The molecule has 1 N–H and O–H groups in total. The van der Waals surface area contributed by atoms with E-state index in [0.717, 1.165) is 29.4 Å². The van der Waals surface area contributed by atoms with Gasteiger partial charge in [-0.1, -0.05) is 13.3 Å². The van der Waals surface area contributed by atoms with Crippen LogP contribution >= 0.6 is 31.1 Å². The minimum atomic E-state index is -3.83. The maximum atomic E-state index is 13.7. The number of nitrogens with one attached hydrogen (secondary N) is 1. The Bertz CT molecular complexity index is 687. The van der Waals surface area contributed by atoms with Gasteiger partial charge in [-0.05, 0) is 61.7 Å². The topological polar surface area (TPSA) is 96.0 Å². The summed E-state index contributed by atoms with van der Waals surface area (Å²) in [6.45, 7) is 10.3. The minimum absolute atomic E-state index is 0.0927. The van der Waals surface area contributed by atoms with E-state index in [1.54, 1.807) is 33.9 Å². The molecule has 0 unspecified atom stereocenters. The van der Waals surface area contributed by atoms with Crippen LogP contribution < -0.4 is 5.32 Å². The van der Waals surface area contributed by atoms with Gasteiger partial charge in [0.1, 0.15) is 5.82 Å². The molecule has 0 aliphatic heterocycles. The average molecular weight is 529 g/mol. The molecule has 0 saturated heterocycles. The van der Waals surface area contributed by atoms with Crippen molar-refractivity contribution in [2.75, 3.05) is 38.3 Å². The number of unbranched alkanes of at least 4 members (excludes halogenated alkanes) is 1. The first-order valence-electron chi connectivity index (χ1n) is 10.5. The van der Waals surface area contributed by atoms with Crippen LogP contribution in [0, 0.1) is 0 Å². The van der Waals surface area contributed by atoms with Crippen molar-refractivity contribution in [2.45, 2.75) is 59.3 Å². The molecule has 0 aromatic carbocycles. The van der Waals surface area contributed by atoms with Gasteiger partial charge in [0.15, 0.2) is 5.40 Å². The smallest absolute Gasteiger partial charge is 0.346 e. The average Bonchev–Trinajstić information content (AvgIpc) is 2.68. The summed E-state index contributed by atoms with van der Waals surface area (Å²) >= 11 is 3.44. The maximum Gasteiger partial charge on any atom is 0.346 e. The zero-order valence-corrected chi connectivity index (χ0v) is 21.9. The van der Waals surface area contributed by atoms with E-state index in [2.05, 4.69) is 33.2 Å². The van der Waals surface area contributed by atoms with E-state index >= 15 is 0 Å². The van der Waals surface area contributed by atoms with Gasteiger partial charge in [0.05, 0.1) is 26.4 Å². The molecule has 11 heteroatoms. The third kappa shape index (κ3) is 8.01. The van der Waals surface area contributed by atoms with Gasteiger partial charge in [-0.3, -0.25) is 9.13 Å². The molecule has 0 aliphatic carbocycles. The van der Waals surface area contributed by atoms with Gasteiger partial charge < -0.3 is 23.4 Å². The van der Waals surface area contributed by atoms with Crippen molar-refractivity contribution in [3.8, 4) is 0 Å². The van der Waals surface area contributed by atoms with Crippen molar-refractivity contribution < 1.29 is 27.2 Å². The number of anilines is 1. The quantitative estimate of drug-likeness (QED) is 0.193. The lowest BCUT2D eigenvalue weighted by molar-refractivity contribution is 0.195. The normalized spacial score (nSPS) is 12.5. The largest absolute Gasteiger partial charge is 0.370 e. The lowest BCUT2D eigenvalue weighted by atomic mass is 10.2. The van der Waals surface area contributed by atoms with Crippen molar-refractivity contribution in [1.29, 1.82) is 0 Å². The molecular formula is C19H35BrN2O6P2. The molecule has 0 saturated carbocycles.